The van der Waals surface area contributed by atoms with Crippen LogP contribution in [0.5, 0.6) is 0 Å². The molecule has 0 saturated carbocycles. The van der Waals surface area contributed by atoms with Gasteiger partial charge in [0.25, 0.3) is 0 Å². The molecule has 3 aromatic rings. The first-order chi connectivity index (χ1) is 14.7. The van der Waals surface area contributed by atoms with Gasteiger partial charge in [-0.05, 0) is 22.1 Å². The number of ketones is 2. The monoisotopic (exact) mass is 413 g/mol. The molecule has 0 aliphatic heterocycles. The molecule has 4 rings (SSSR count). The predicted molar refractivity (Wildman–Crippen MR) is 118 cm³/mol. The van der Waals surface area contributed by atoms with Crippen LogP contribution in [0.15, 0.2) is 78.9 Å². The quantitative estimate of drug-likeness (QED) is 0.334. The predicted octanol–water partition coefficient (Wildman–Crippen LogP) is 5.21. The molecular formula is C26H23NO4. The zero-order valence-electron chi connectivity index (χ0n) is 17.7. The lowest BCUT2D eigenvalue weighted by molar-refractivity contribution is -0.532. The Balaban J connectivity index is 1.98. The van der Waals surface area contributed by atoms with Gasteiger partial charge in [0.2, 0.25) is 11.6 Å². The van der Waals surface area contributed by atoms with Crippen LogP contribution >= 0.6 is 0 Å². The Bertz CT molecular complexity index is 1140. The molecule has 0 unspecified atom stereocenters. The SMILES string of the molecule is CC(C)(C)c1ccc([C@H](c2ccccc2)C2([N+](=O)[O-])C(=O)c3ccccc3C2=O)cc1. The minimum Gasteiger partial charge on any atom is -0.285 e. The first-order valence-electron chi connectivity index (χ1n) is 10.2. The molecule has 1 aliphatic carbocycles. The second-order valence-corrected chi connectivity index (χ2v) is 8.94. The van der Waals surface area contributed by atoms with Gasteiger partial charge >= 0.3 is 5.54 Å². The minimum absolute atomic E-state index is 0.100. The fraction of sp³-hybridized carbons (Fsp3) is 0.231. The number of carbonyl (C=O) groups is 2. The van der Waals surface area contributed by atoms with Gasteiger partial charge in [-0.15, -0.1) is 0 Å². The zero-order valence-corrected chi connectivity index (χ0v) is 17.7. The first kappa shape index (κ1) is 20.7. The molecule has 0 amide bonds. The molecule has 0 N–H and O–H groups in total. The van der Waals surface area contributed by atoms with Crippen molar-refractivity contribution in [3.63, 3.8) is 0 Å². The highest BCUT2D eigenvalue weighted by atomic mass is 16.6. The molecule has 1 aliphatic rings. The van der Waals surface area contributed by atoms with Crippen LogP contribution in [0, 0.1) is 10.1 Å². The summed E-state index contributed by atoms with van der Waals surface area (Å²) in [7, 11) is 0. The van der Waals surface area contributed by atoms with Gasteiger partial charge < -0.3 is 0 Å². The van der Waals surface area contributed by atoms with E-state index in [1.165, 1.54) is 12.1 Å². The molecule has 5 nitrogen and oxygen atoms in total. The van der Waals surface area contributed by atoms with Gasteiger partial charge in [0.1, 0.15) is 0 Å². The smallest absolute Gasteiger partial charge is 0.285 e. The van der Waals surface area contributed by atoms with Crippen LogP contribution in [-0.2, 0) is 5.41 Å². The third kappa shape index (κ3) is 3.08. The molecule has 0 heterocycles. The fourth-order valence-corrected chi connectivity index (χ4v) is 4.42. The Hall–Kier alpha value is -3.60. The summed E-state index contributed by atoms with van der Waals surface area (Å²) in [5.74, 6) is -2.57. The molecule has 0 aromatic heterocycles. The van der Waals surface area contributed by atoms with Gasteiger partial charge in [0, 0.05) is 16.1 Å². The fourth-order valence-electron chi connectivity index (χ4n) is 4.42. The highest BCUT2D eigenvalue weighted by molar-refractivity contribution is 6.32. The van der Waals surface area contributed by atoms with Crippen molar-refractivity contribution in [3.8, 4) is 0 Å². The number of nitrogens with zero attached hydrogens (tertiary/aromatic N) is 1. The Kier molecular flexibility index (Phi) is 4.85. The number of rotatable bonds is 4. The van der Waals surface area contributed by atoms with Crippen molar-refractivity contribution >= 4 is 11.6 Å². The van der Waals surface area contributed by atoms with E-state index in [0.29, 0.717) is 11.1 Å². The molecular weight excluding hydrogens is 390 g/mol. The van der Waals surface area contributed by atoms with Crippen LogP contribution in [0.4, 0.5) is 0 Å². The Morgan fingerprint density at radius 2 is 1.19 bits per heavy atom. The van der Waals surface area contributed by atoms with Gasteiger partial charge in [-0.3, -0.25) is 19.7 Å². The lowest BCUT2D eigenvalue weighted by Gasteiger charge is -2.29. The van der Waals surface area contributed by atoms with Crippen LogP contribution in [0.2, 0.25) is 0 Å². The van der Waals surface area contributed by atoms with Crippen molar-refractivity contribution in [2.24, 2.45) is 0 Å². The molecule has 0 spiro atoms. The summed E-state index contributed by atoms with van der Waals surface area (Å²) >= 11 is 0. The van der Waals surface area contributed by atoms with E-state index < -0.39 is 27.9 Å². The maximum Gasteiger partial charge on any atom is 0.355 e. The number of hydrogen-bond acceptors (Lipinski definition) is 4. The summed E-state index contributed by atoms with van der Waals surface area (Å²) in [5.41, 5.74) is -0.147. The lowest BCUT2D eigenvalue weighted by atomic mass is 9.71. The Morgan fingerprint density at radius 3 is 1.65 bits per heavy atom. The molecule has 1 atom stereocenters. The number of nitro groups is 1. The van der Waals surface area contributed by atoms with E-state index in [1.54, 1.807) is 54.6 Å². The van der Waals surface area contributed by atoms with E-state index in [4.69, 9.17) is 0 Å². The van der Waals surface area contributed by atoms with E-state index in [0.717, 1.165) is 5.56 Å². The van der Waals surface area contributed by atoms with Gasteiger partial charge in [-0.2, -0.15) is 0 Å². The standard InChI is InChI=1S/C26H23NO4/c1-25(2,3)19-15-13-18(14-16-19)22(17-9-5-4-6-10-17)26(27(30)31)23(28)20-11-7-8-12-21(20)24(26)29/h4-16,22H,1-3H3/t22-/m0/s1. The zero-order chi connectivity index (χ0) is 22.4. The maximum atomic E-state index is 13.5. The molecule has 0 fully saturated rings. The van der Waals surface area contributed by atoms with Crippen molar-refractivity contribution in [2.75, 3.05) is 0 Å². The van der Waals surface area contributed by atoms with E-state index >= 15 is 0 Å². The third-order valence-corrected chi connectivity index (χ3v) is 6.06. The summed E-state index contributed by atoms with van der Waals surface area (Å²) in [4.78, 5) is 38.9. The molecule has 5 heteroatoms. The minimum atomic E-state index is -2.44. The van der Waals surface area contributed by atoms with Crippen molar-refractivity contribution in [3.05, 3.63) is 117 Å². The van der Waals surface area contributed by atoms with Crippen LogP contribution in [0.1, 0.15) is 64.1 Å². The van der Waals surface area contributed by atoms with Crippen LogP contribution < -0.4 is 0 Å². The summed E-state index contributed by atoms with van der Waals surface area (Å²) < 4.78 is 0. The van der Waals surface area contributed by atoms with E-state index in [1.807, 2.05) is 12.1 Å². The average molecular weight is 413 g/mol. The van der Waals surface area contributed by atoms with Gasteiger partial charge in [0.15, 0.2) is 0 Å². The van der Waals surface area contributed by atoms with Gasteiger partial charge in [0.05, 0.1) is 5.92 Å². The van der Waals surface area contributed by atoms with Crippen LogP contribution in [0.3, 0.4) is 0 Å². The number of benzene rings is 3. The van der Waals surface area contributed by atoms with E-state index in [2.05, 4.69) is 20.8 Å². The number of Topliss-reactive ketones (excluding diaryl/α,β-unsaturated/α-hetero) is 2. The van der Waals surface area contributed by atoms with Gasteiger partial charge in [-0.1, -0.05) is 99.6 Å². The maximum absolute atomic E-state index is 13.5. The highest BCUT2D eigenvalue weighted by Crippen LogP contribution is 2.46. The van der Waals surface area contributed by atoms with E-state index in [9.17, 15) is 19.7 Å². The van der Waals surface area contributed by atoms with Crippen molar-refractivity contribution < 1.29 is 14.5 Å². The topological polar surface area (TPSA) is 77.3 Å². The molecule has 156 valence electrons. The first-order valence-corrected chi connectivity index (χ1v) is 10.2. The molecule has 0 saturated heterocycles. The van der Waals surface area contributed by atoms with Crippen LogP contribution in [-0.4, -0.2) is 22.0 Å². The normalized spacial score (nSPS) is 16.1. The summed E-state index contributed by atoms with van der Waals surface area (Å²) in [6.45, 7) is 6.24. The van der Waals surface area contributed by atoms with E-state index in [-0.39, 0.29) is 16.5 Å². The lowest BCUT2D eigenvalue weighted by Crippen LogP contribution is -2.54. The summed E-state index contributed by atoms with van der Waals surface area (Å²) in [6, 6.07) is 22.4. The molecule has 3 aromatic carbocycles. The molecule has 31 heavy (non-hydrogen) atoms. The summed E-state index contributed by atoms with van der Waals surface area (Å²) in [6.07, 6.45) is 0. The highest BCUT2D eigenvalue weighted by Gasteiger charge is 2.68. The average Bonchev–Trinajstić information content (AvgIpc) is 2.98. The van der Waals surface area contributed by atoms with Crippen molar-refractivity contribution in [1.29, 1.82) is 0 Å². The van der Waals surface area contributed by atoms with Crippen LogP contribution in [0.25, 0.3) is 0 Å². The summed E-state index contributed by atoms with van der Waals surface area (Å²) in [5, 5.41) is 12.6. The number of fused-ring (bicyclic) bond motifs is 1. The van der Waals surface area contributed by atoms with Gasteiger partial charge in [-0.25, -0.2) is 0 Å². The van der Waals surface area contributed by atoms with Crippen molar-refractivity contribution in [2.45, 2.75) is 37.6 Å². The second kappa shape index (κ2) is 7.27. The molecule has 0 radical (unpaired) electrons. The largest absolute Gasteiger partial charge is 0.355 e. The third-order valence-electron chi connectivity index (χ3n) is 6.06. The van der Waals surface area contributed by atoms with Crippen molar-refractivity contribution in [1.82, 2.24) is 0 Å². The number of carbonyl (C=O) groups excluding carboxylic acids is 2. The Labute approximate surface area is 180 Å². The number of hydrogen-bond donors (Lipinski definition) is 0. The second-order valence-electron chi connectivity index (χ2n) is 8.94. The molecule has 0 bridgehead atoms. The Morgan fingerprint density at radius 1 is 0.742 bits per heavy atom.